The Bertz CT molecular complexity index is 1360. The predicted molar refractivity (Wildman–Crippen MR) is 111 cm³/mol. The second-order valence-corrected chi connectivity index (χ2v) is 7.02. The number of nitriles is 2. The Kier molecular flexibility index (Phi) is 4.73. The van der Waals surface area contributed by atoms with Crippen LogP contribution in [0.5, 0.6) is 0 Å². The molecule has 0 N–H and O–H groups in total. The summed E-state index contributed by atoms with van der Waals surface area (Å²) in [6.45, 7) is 2.77. The van der Waals surface area contributed by atoms with Gasteiger partial charge < -0.3 is 0 Å². The van der Waals surface area contributed by atoms with E-state index < -0.39 is 0 Å². The fourth-order valence-electron chi connectivity index (χ4n) is 3.70. The summed E-state index contributed by atoms with van der Waals surface area (Å²) in [6.07, 6.45) is 0. The lowest BCUT2D eigenvalue weighted by Crippen LogP contribution is -2.25. The van der Waals surface area contributed by atoms with E-state index in [2.05, 4.69) is 12.1 Å². The Morgan fingerprint density at radius 3 is 1.93 bits per heavy atom. The van der Waals surface area contributed by atoms with Gasteiger partial charge >= 0.3 is 5.69 Å². The highest BCUT2D eigenvalue weighted by molar-refractivity contribution is 5.80. The molecule has 0 saturated carbocycles. The molecule has 0 spiro atoms. The Morgan fingerprint density at radius 1 is 0.793 bits per heavy atom. The van der Waals surface area contributed by atoms with Crippen molar-refractivity contribution in [3.63, 3.8) is 0 Å². The van der Waals surface area contributed by atoms with E-state index in [1.807, 2.05) is 61.5 Å². The van der Waals surface area contributed by atoms with Crippen molar-refractivity contribution in [2.24, 2.45) is 0 Å². The molecule has 3 aromatic carbocycles. The highest BCUT2D eigenvalue weighted by atomic mass is 16.1. The number of benzene rings is 3. The zero-order valence-corrected chi connectivity index (χ0v) is 16.0. The van der Waals surface area contributed by atoms with Gasteiger partial charge in [-0.1, -0.05) is 36.4 Å². The lowest BCUT2D eigenvalue weighted by molar-refractivity contribution is 0.700. The van der Waals surface area contributed by atoms with E-state index in [4.69, 9.17) is 10.5 Å². The summed E-state index contributed by atoms with van der Waals surface area (Å²) in [5.41, 5.74) is 5.59. The first-order chi connectivity index (χ1) is 14.1. The number of aromatic nitrogens is 2. The SMILES string of the molecule is Cc1cccc2c1n(Cc1cccc(C#N)c1)c(=O)n2Cc1cccc(C#N)c1. The van der Waals surface area contributed by atoms with Crippen LogP contribution in [0.15, 0.2) is 71.5 Å². The van der Waals surface area contributed by atoms with Crippen molar-refractivity contribution >= 4 is 11.0 Å². The van der Waals surface area contributed by atoms with Crippen LogP contribution in [0.1, 0.15) is 27.8 Å². The molecule has 1 aromatic heterocycles. The average Bonchev–Trinajstić information content (AvgIpc) is 3.01. The van der Waals surface area contributed by atoms with E-state index in [1.54, 1.807) is 21.3 Å². The third kappa shape index (κ3) is 3.42. The van der Waals surface area contributed by atoms with Crippen LogP contribution in [0.25, 0.3) is 11.0 Å². The first-order valence-electron chi connectivity index (χ1n) is 9.27. The minimum Gasteiger partial charge on any atom is -0.287 e. The highest BCUT2D eigenvalue weighted by Crippen LogP contribution is 2.20. The second kappa shape index (κ2) is 7.50. The van der Waals surface area contributed by atoms with E-state index in [9.17, 15) is 4.79 Å². The third-order valence-electron chi connectivity index (χ3n) is 5.03. The van der Waals surface area contributed by atoms with E-state index in [0.717, 1.165) is 27.7 Å². The van der Waals surface area contributed by atoms with Gasteiger partial charge in [0.1, 0.15) is 0 Å². The maximum Gasteiger partial charge on any atom is 0.329 e. The Hall–Kier alpha value is -4.09. The third-order valence-corrected chi connectivity index (χ3v) is 5.03. The summed E-state index contributed by atoms with van der Waals surface area (Å²) in [5, 5.41) is 18.3. The normalized spacial score (nSPS) is 10.6. The molecule has 0 aliphatic heterocycles. The number of nitrogens with zero attached hydrogens (tertiary/aromatic N) is 4. The molecule has 1 heterocycles. The van der Waals surface area contributed by atoms with Crippen molar-refractivity contribution in [1.29, 1.82) is 10.5 Å². The summed E-state index contributed by atoms with van der Waals surface area (Å²) in [6, 6.07) is 24.8. The molecule has 0 aliphatic carbocycles. The van der Waals surface area contributed by atoms with Crippen LogP contribution in [0.4, 0.5) is 0 Å². The van der Waals surface area contributed by atoms with Crippen molar-refractivity contribution in [3.8, 4) is 12.1 Å². The molecule has 0 bridgehead atoms. The Labute approximate surface area is 168 Å². The average molecular weight is 378 g/mol. The molecule has 140 valence electrons. The monoisotopic (exact) mass is 378 g/mol. The minimum absolute atomic E-state index is 0.112. The maximum atomic E-state index is 13.4. The molecule has 0 saturated heterocycles. The quantitative estimate of drug-likeness (QED) is 0.540. The van der Waals surface area contributed by atoms with Gasteiger partial charge in [-0.2, -0.15) is 10.5 Å². The van der Waals surface area contributed by atoms with Gasteiger partial charge in [0, 0.05) is 0 Å². The van der Waals surface area contributed by atoms with E-state index in [-0.39, 0.29) is 5.69 Å². The fourth-order valence-corrected chi connectivity index (χ4v) is 3.70. The second-order valence-electron chi connectivity index (χ2n) is 7.02. The fraction of sp³-hybridized carbons (Fsp3) is 0.125. The molecule has 4 aromatic rings. The minimum atomic E-state index is -0.112. The summed E-state index contributed by atoms with van der Waals surface area (Å²) in [7, 11) is 0. The standard InChI is InChI=1S/C24H18N4O/c1-17-5-2-10-22-23(17)28(16-21-9-4-7-19(12-21)14-26)24(29)27(22)15-20-8-3-6-18(11-20)13-25/h2-12H,15-16H2,1H3. The molecule has 0 amide bonds. The van der Waals surface area contributed by atoms with Gasteiger partial charge in [0.2, 0.25) is 0 Å². The first kappa shape index (κ1) is 18.3. The number of imidazole rings is 1. The highest BCUT2D eigenvalue weighted by Gasteiger charge is 2.16. The smallest absolute Gasteiger partial charge is 0.287 e. The van der Waals surface area contributed by atoms with Crippen molar-refractivity contribution in [3.05, 3.63) is 105 Å². The van der Waals surface area contributed by atoms with Crippen LogP contribution in [-0.4, -0.2) is 9.13 Å². The molecule has 0 fully saturated rings. The molecule has 0 atom stereocenters. The van der Waals surface area contributed by atoms with Crippen LogP contribution < -0.4 is 5.69 Å². The van der Waals surface area contributed by atoms with Gasteiger partial charge in [-0.05, 0) is 53.9 Å². The molecular weight excluding hydrogens is 360 g/mol. The molecular formula is C24H18N4O. The van der Waals surface area contributed by atoms with Crippen LogP contribution in [0, 0.1) is 29.6 Å². The Morgan fingerprint density at radius 2 is 1.34 bits per heavy atom. The van der Waals surface area contributed by atoms with Crippen molar-refractivity contribution in [2.75, 3.05) is 0 Å². The van der Waals surface area contributed by atoms with Crippen molar-refractivity contribution < 1.29 is 0 Å². The molecule has 5 heteroatoms. The number of hydrogen-bond donors (Lipinski definition) is 0. The Balaban J connectivity index is 1.85. The molecule has 0 aliphatic rings. The largest absolute Gasteiger partial charge is 0.329 e. The molecule has 0 unspecified atom stereocenters. The van der Waals surface area contributed by atoms with Crippen LogP contribution in [-0.2, 0) is 13.1 Å². The summed E-state index contributed by atoms with van der Waals surface area (Å²) in [5.74, 6) is 0. The number of aryl methyl sites for hydroxylation is 1. The topological polar surface area (TPSA) is 74.5 Å². The number of fused-ring (bicyclic) bond motifs is 1. The first-order valence-corrected chi connectivity index (χ1v) is 9.27. The zero-order chi connectivity index (χ0) is 20.4. The van der Waals surface area contributed by atoms with Gasteiger partial charge in [0.05, 0.1) is 47.4 Å². The summed E-state index contributed by atoms with van der Waals surface area (Å²) in [4.78, 5) is 13.4. The van der Waals surface area contributed by atoms with E-state index in [0.29, 0.717) is 24.2 Å². The van der Waals surface area contributed by atoms with Gasteiger partial charge in [0.15, 0.2) is 0 Å². The number of para-hydroxylation sites is 1. The lowest BCUT2D eigenvalue weighted by Gasteiger charge is -2.06. The maximum absolute atomic E-state index is 13.4. The van der Waals surface area contributed by atoms with Gasteiger partial charge in [-0.3, -0.25) is 9.13 Å². The van der Waals surface area contributed by atoms with Crippen LogP contribution in [0.3, 0.4) is 0 Å². The van der Waals surface area contributed by atoms with Gasteiger partial charge in [-0.15, -0.1) is 0 Å². The zero-order valence-electron chi connectivity index (χ0n) is 16.0. The van der Waals surface area contributed by atoms with Gasteiger partial charge in [0.25, 0.3) is 0 Å². The van der Waals surface area contributed by atoms with E-state index in [1.165, 1.54) is 0 Å². The van der Waals surface area contributed by atoms with Crippen molar-refractivity contribution in [1.82, 2.24) is 9.13 Å². The molecule has 29 heavy (non-hydrogen) atoms. The summed E-state index contributed by atoms with van der Waals surface area (Å²) < 4.78 is 3.50. The van der Waals surface area contributed by atoms with E-state index >= 15 is 0 Å². The van der Waals surface area contributed by atoms with Crippen molar-refractivity contribution in [2.45, 2.75) is 20.0 Å². The van der Waals surface area contributed by atoms with Crippen LogP contribution >= 0.6 is 0 Å². The molecule has 0 radical (unpaired) electrons. The molecule has 4 rings (SSSR count). The number of rotatable bonds is 4. The van der Waals surface area contributed by atoms with Gasteiger partial charge in [-0.25, -0.2) is 4.79 Å². The summed E-state index contributed by atoms with van der Waals surface area (Å²) >= 11 is 0. The lowest BCUT2D eigenvalue weighted by atomic mass is 10.1. The number of hydrogen-bond acceptors (Lipinski definition) is 3. The molecule has 5 nitrogen and oxygen atoms in total. The van der Waals surface area contributed by atoms with Crippen LogP contribution in [0.2, 0.25) is 0 Å². The predicted octanol–water partition coefficient (Wildman–Crippen LogP) is 3.95.